The Balaban J connectivity index is 0.000000299. The van der Waals surface area contributed by atoms with Crippen LogP contribution < -0.4 is 20.1 Å². The highest BCUT2D eigenvalue weighted by molar-refractivity contribution is 6.05. The van der Waals surface area contributed by atoms with Crippen LogP contribution in [-0.4, -0.2) is 63.6 Å². The highest BCUT2D eigenvalue weighted by Gasteiger charge is 2.25. The lowest BCUT2D eigenvalue weighted by Gasteiger charge is -2.28. The third kappa shape index (κ3) is 7.38. The average Bonchev–Trinajstić information content (AvgIpc) is 3.68. The number of benzene rings is 4. The second-order valence-corrected chi connectivity index (χ2v) is 12.0. The minimum absolute atomic E-state index is 0.109. The number of rotatable bonds is 9. The normalized spacial score (nSPS) is 11.1. The fourth-order valence-electron chi connectivity index (χ4n) is 5.67. The van der Waals surface area contributed by atoms with E-state index in [9.17, 15) is 14.4 Å². The van der Waals surface area contributed by atoms with Crippen LogP contribution in [0, 0.1) is 6.92 Å². The van der Waals surface area contributed by atoms with E-state index in [0.29, 0.717) is 40.4 Å². The van der Waals surface area contributed by atoms with Crippen LogP contribution in [0.3, 0.4) is 0 Å². The third-order valence-corrected chi connectivity index (χ3v) is 8.20. The van der Waals surface area contributed by atoms with Crippen molar-refractivity contribution >= 4 is 45.3 Å². The average molecular weight is 663 g/mol. The maximum absolute atomic E-state index is 12.8. The van der Waals surface area contributed by atoms with E-state index >= 15 is 0 Å². The van der Waals surface area contributed by atoms with Gasteiger partial charge in [0.2, 0.25) is 0 Å². The number of fused-ring (bicyclic) bond motifs is 2. The number of nitrogens with one attached hydrogen (secondary N) is 3. The number of ether oxygens (including phenoxy) is 2. The summed E-state index contributed by atoms with van der Waals surface area (Å²) >= 11 is 0. The fourth-order valence-corrected chi connectivity index (χ4v) is 5.67. The van der Waals surface area contributed by atoms with Crippen LogP contribution >= 0.6 is 0 Å². The number of nitrogens with zero attached hydrogens (tertiary/aromatic N) is 3. The van der Waals surface area contributed by atoms with E-state index in [2.05, 4.69) is 39.8 Å². The van der Waals surface area contributed by atoms with Crippen molar-refractivity contribution in [2.45, 2.75) is 26.2 Å². The molecule has 0 atom stereocenters. The van der Waals surface area contributed by atoms with Gasteiger partial charge < -0.3 is 25.2 Å². The highest BCUT2D eigenvalue weighted by atomic mass is 16.5. The van der Waals surface area contributed by atoms with Crippen LogP contribution in [0.25, 0.3) is 21.8 Å². The topological polar surface area (TPSA) is 160 Å². The van der Waals surface area contributed by atoms with Crippen molar-refractivity contribution in [2.24, 2.45) is 7.05 Å². The minimum Gasteiger partial charge on any atom is -0.493 e. The van der Waals surface area contributed by atoms with E-state index in [1.807, 2.05) is 61.5 Å². The number of para-hydroxylation sites is 2. The van der Waals surface area contributed by atoms with Crippen molar-refractivity contribution in [1.29, 1.82) is 0 Å². The van der Waals surface area contributed by atoms with Gasteiger partial charge in [-0.15, -0.1) is 0 Å². The van der Waals surface area contributed by atoms with Crippen LogP contribution in [0.4, 0.5) is 5.69 Å². The smallest absolute Gasteiger partial charge is 0.357 e. The van der Waals surface area contributed by atoms with E-state index in [1.54, 1.807) is 49.2 Å². The van der Waals surface area contributed by atoms with Gasteiger partial charge in [-0.3, -0.25) is 19.4 Å². The number of hydrogen-bond acceptors (Lipinski definition) is 7. The fraction of sp³-hybridized carbons (Fsp3) is 0.216. The van der Waals surface area contributed by atoms with Crippen molar-refractivity contribution < 1.29 is 29.0 Å². The minimum atomic E-state index is -0.989. The lowest BCUT2D eigenvalue weighted by atomic mass is 9.81. The van der Waals surface area contributed by atoms with Gasteiger partial charge in [0.05, 0.1) is 25.3 Å². The first-order chi connectivity index (χ1) is 23.4. The number of methoxy groups -OCH3 is 2. The van der Waals surface area contributed by atoms with Crippen molar-refractivity contribution in [1.82, 2.24) is 25.3 Å². The molecule has 0 fully saturated rings. The van der Waals surface area contributed by atoms with Gasteiger partial charge in [-0.2, -0.15) is 10.2 Å². The monoisotopic (exact) mass is 662 g/mol. The Labute approximate surface area is 283 Å². The van der Waals surface area contributed by atoms with Gasteiger partial charge in [-0.05, 0) is 60.5 Å². The molecular formula is C37H38N6O6. The molecule has 4 N–H and O–H groups in total. The molecule has 0 unspecified atom stereocenters. The summed E-state index contributed by atoms with van der Waals surface area (Å²) in [4.78, 5) is 36.4. The molecule has 6 aromatic rings. The predicted octanol–water partition coefficient (Wildman–Crippen LogP) is 6.12. The summed E-state index contributed by atoms with van der Waals surface area (Å²) in [5.74, 6) is -0.415. The van der Waals surface area contributed by atoms with Crippen LogP contribution in [-0.2, 0) is 12.5 Å². The number of aromatic amines is 1. The van der Waals surface area contributed by atoms with Gasteiger partial charge in [0.1, 0.15) is 0 Å². The number of hydrogen-bond donors (Lipinski definition) is 4. The molecule has 0 saturated heterocycles. The Kier molecular flexibility index (Phi) is 9.97. The summed E-state index contributed by atoms with van der Waals surface area (Å²) in [5.41, 5.74) is 5.01. The predicted molar refractivity (Wildman–Crippen MR) is 188 cm³/mol. The summed E-state index contributed by atoms with van der Waals surface area (Å²) in [7, 11) is 4.81. The standard InChI is InChI=1S/C28H30N4O4.C9H8N2O2/c1-17-14-19(30-26(33)18-10-13-23(35-4)24(15-18)36-5)11-12-21(17)28(2,3)16-29-27(34)25-20-8-6-7-9-22(20)31-32-25;1-11-7-5-3-2-4-6(7)8(10-11)9(12)13/h6-15H,16H2,1-5H3,(H,29,34)(H,30,33)(H,31,32);2-5H,1H3,(H,12,13). The van der Waals surface area contributed by atoms with E-state index in [0.717, 1.165) is 27.5 Å². The van der Waals surface area contributed by atoms with E-state index in [1.165, 1.54) is 7.11 Å². The number of anilines is 1. The number of amides is 2. The van der Waals surface area contributed by atoms with Crippen molar-refractivity contribution in [3.8, 4) is 11.5 Å². The molecule has 252 valence electrons. The highest BCUT2D eigenvalue weighted by Crippen LogP contribution is 2.30. The Morgan fingerprint density at radius 2 is 1.55 bits per heavy atom. The zero-order valence-corrected chi connectivity index (χ0v) is 28.1. The number of aromatic nitrogens is 4. The first-order valence-corrected chi connectivity index (χ1v) is 15.4. The number of H-pyrrole nitrogens is 1. The summed E-state index contributed by atoms with van der Waals surface area (Å²) in [6, 6.07) is 25.6. The maximum Gasteiger partial charge on any atom is 0.357 e. The Morgan fingerprint density at radius 3 is 2.24 bits per heavy atom. The molecule has 49 heavy (non-hydrogen) atoms. The van der Waals surface area contributed by atoms with E-state index in [-0.39, 0.29) is 22.9 Å². The number of aryl methyl sites for hydroxylation is 2. The lowest BCUT2D eigenvalue weighted by Crippen LogP contribution is -2.37. The number of carboxylic acid groups (broad SMARTS) is 1. The molecule has 12 heteroatoms. The van der Waals surface area contributed by atoms with Crippen LogP contribution in [0.15, 0.2) is 84.9 Å². The lowest BCUT2D eigenvalue weighted by molar-refractivity contribution is 0.0691. The zero-order chi connectivity index (χ0) is 35.3. The molecule has 0 spiro atoms. The quantitative estimate of drug-likeness (QED) is 0.144. The SMILES string of the molecule is COc1ccc(C(=O)Nc2ccc(C(C)(C)CNC(=O)c3n[nH]c4ccccc34)c(C)c2)cc1OC.Cn1nc(C(=O)O)c2ccccc21. The molecule has 2 aromatic heterocycles. The van der Waals surface area contributed by atoms with Crippen LogP contribution in [0.1, 0.15) is 56.3 Å². The molecular weight excluding hydrogens is 624 g/mol. The molecule has 0 aliphatic rings. The molecule has 0 saturated carbocycles. The van der Waals surface area contributed by atoms with E-state index in [4.69, 9.17) is 14.6 Å². The second-order valence-electron chi connectivity index (χ2n) is 12.0. The Morgan fingerprint density at radius 1 is 0.857 bits per heavy atom. The molecule has 12 nitrogen and oxygen atoms in total. The summed E-state index contributed by atoms with van der Waals surface area (Å²) < 4.78 is 12.1. The number of carboxylic acids is 1. The van der Waals surface area contributed by atoms with Crippen molar-refractivity contribution in [3.63, 3.8) is 0 Å². The first-order valence-electron chi connectivity index (χ1n) is 15.4. The van der Waals surface area contributed by atoms with Crippen molar-refractivity contribution in [2.75, 3.05) is 26.1 Å². The Bertz CT molecular complexity index is 2170. The molecule has 2 heterocycles. The molecule has 4 aromatic carbocycles. The molecule has 0 bridgehead atoms. The third-order valence-electron chi connectivity index (χ3n) is 8.20. The molecule has 2 amide bonds. The van der Waals surface area contributed by atoms with Gasteiger partial charge >= 0.3 is 5.97 Å². The van der Waals surface area contributed by atoms with Gasteiger partial charge in [-0.1, -0.05) is 56.3 Å². The van der Waals surface area contributed by atoms with Gasteiger partial charge in [0.25, 0.3) is 11.8 Å². The first kappa shape index (κ1) is 34.2. The summed E-state index contributed by atoms with van der Waals surface area (Å²) in [6.07, 6.45) is 0. The van der Waals surface area contributed by atoms with Crippen LogP contribution in [0.2, 0.25) is 0 Å². The maximum atomic E-state index is 12.8. The summed E-state index contributed by atoms with van der Waals surface area (Å²) in [5, 5.41) is 27.2. The summed E-state index contributed by atoms with van der Waals surface area (Å²) in [6.45, 7) is 6.55. The molecule has 6 rings (SSSR count). The second kappa shape index (κ2) is 14.3. The number of aromatic carboxylic acids is 1. The van der Waals surface area contributed by atoms with Gasteiger partial charge in [0, 0.05) is 41.0 Å². The van der Waals surface area contributed by atoms with Crippen molar-refractivity contribution in [3.05, 3.63) is 113 Å². The Hall–Kier alpha value is -6.17. The molecule has 0 radical (unpaired) electrons. The number of carbonyl (C=O) groups is 3. The van der Waals surface area contributed by atoms with Gasteiger partial charge in [-0.25, -0.2) is 4.79 Å². The largest absolute Gasteiger partial charge is 0.493 e. The number of carbonyl (C=O) groups excluding carboxylic acids is 2. The van der Waals surface area contributed by atoms with E-state index < -0.39 is 5.97 Å². The van der Waals surface area contributed by atoms with Gasteiger partial charge in [0.15, 0.2) is 22.9 Å². The molecule has 0 aliphatic heterocycles. The zero-order valence-electron chi connectivity index (χ0n) is 28.1. The van der Waals surface area contributed by atoms with Crippen LogP contribution in [0.5, 0.6) is 11.5 Å². The molecule has 0 aliphatic carbocycles.